The second kappa shape index (κ2) is 7.29. The minimum Gasteiger partial charge on any atom is -0.324 e. The molecule has 0 aliphatic rings. The molecule has 0 aliphatic carbocycles. The molecule has 0 spiro atoms. The van der Waals surface area contributed by atoms with Gasteiger partial charge >= 0.3 is 0 Å². The van der Waals surface area contributed by atoms with Crippen LogP contribution >= 0.6 is 0 Å². The number of hydrogen-bond acceptors (Lipinski definition) is 3. The van der Waals surface area contributed by atoms with Crippen molar-refractivity contribution in [3.63, 3.8) is 0 Å². The Labute approximate surface area is 125 Å². The Kier molecular flexibility index (Phi) is 5.42. The van der Waals surface area contributed by atoms with Gasteiger partial charge in [-0.25, -0.2) is 4.39 Å². The summed E-state index contributed by atoms with van der Waals surface area (Å²) in [6.45, 7) is 3.55. The van der Waals surface area contributed by atoms with Crippen molar-refractivity contribution in [2.24, 2.45) is 5.73 Å². The highest BCUT2D eigenvalue weighted by molar-refractivity contribution is 5.20. The van der Waals surface area contributed by atoms with E-state index in [2.05, 4.69) is 9.88 Å². The molecule has 0 fully saturated rings. The van der Waals surface area contributed by atoms with Crippen LogP contribution in [-0.4, -0.2) is 23.5 Å². The van der Waals surface area contributed by atoms with Gasteiger partial charge in [0.25, 0.3) is 0 Å². The summed E-state index contributed by atoms with van der Waals surface area (Å²) >= 11 is 0. The predicted octanol–water partition coefficient (Wildman–Crippen LogP) is 3.05. The summed E-state index contributed by atoms with van der Waals surface area (Å²) in [6, 6.07) is 12.4. The number of nitrogens with two attached hydrogens (primary N) is 1. The van der Waals surface area contributed by atoms with E-state index in [1.807, 2.05) is 38.2 Å². The van der Waals surface area contributed by atoms with Crippen LogP contribution in [0.1, 0.15) is 29.4 Å². The van der Waals surface area contributed by atoms with Crippen molar-refractivity contribution in [3.8, 4) is 0 Å². The van der Waals surface area contributed by atoms with E-state index in [-0.39, 0.29) is 11.9 Å². The summed E-state index contributed by atoms with van der Waals surface area (Å²) in [5.74, 6) is -0.229. The lowest BCUT2D eigenvalue weighted by Gasteiger charge is -2.19. The van der Waals surface area contributed by atoms with E-state index in [9.17, 15) is 4.39 Å². The Morgan fingerprint density at radius 3 is 2.67 bits per heavy atom. The number of nitrogens with zero attached hydrogens (tertiary/aromatic N) is 2. The van der Waals surface area contributed by atoms with Crippen LogP contribution in [0.5, 0.6) is 0 Å². The van der Waals surface area contributed by atoms with Crippen LogP contribution in [0.25, 0.3) is 0 Å². The zero-order valence-electron chi connectivity index (χ0n) is 12.6. The Balaban J connectivity index is 1.86. The van der Waals surface area contributed by atoms with Gasteiger partial charge in [-0.15, -0.1) is 0 Å². The Morgan fingerprint density at radius 2 is 1.95 bits per heavy atom. The van der Waals surface area contributed by atoms with Gasteiger partial charge in [0.2, 0.25) is 0 Å². The summed E-state index contributed by atoms with van der Waals surface area (Å²) < 4.78 is 13.7. The lowest BCUT2D eigenvalue weighted by molar-refractivity contribution is 0.306. The molecular weight excluding hydrogens is 265 g/mol. The molecule has 2 aromatic rings. The molecule has 4 heteroatoms. The molecule has 21 heavy (non-hydrogen) atoms. The molecule has 0 saturated carbocycles. The second-order valence-electron chi connectivity index (χ2n) is 5.42. The third-order valence-electron chi connectivity index (χ3n) is 3.50. The molecule has 2 rings (SSSR count). The van der Waals surface area contributed by atoms with Gasteiger partial charge < -0.3 is 10.6 Å². The maximum Gasteiger partial charge on any atom is 0.127 e. The topological polar surface area (TPSA) is 42.1 Å². The van der Waals surface area contributed by atoms with Gasteiger partial charge in [-0.2, -0.15) is 0 Å². The summed E-state index contributed by atoms with van der Waals surface area (Å²) in [6.07, 6.45) is 0.712. The molecule has 1 atom stereocenters. The highest BCUT2D eigenvalue weighted by Gasteiger charge is 2.12. The SMILES string of the molecule is Cc1cccc(CN(C)CCC(N)c2ccccc2F)n1. The normalized spacial score (nSPS) is 12.6. The Morgan fingerprint density at radius 1 is 1.19 bits per heavy atom. The van der Waals surface area contributed by atoms with Gasteiger partial charge in [-0.3, -0.25) is 4.98 Å². The molecule has 1 aromatic heterocycles. The summed E-state index contributed by atoms with van der Waals surface area (Å²) in [5.41, 5.74) is 8.72. The van der Waals surface area contributed by atoms with Gasteiger partial charge in [0.15, 0.2) is 0 Å². The van der Waals surface area contributed by atoms with Crippen molar-refractivity contribution < 1.29 is 4.39 Å². The predicted molar refractivity (Wildman–Crippen MR) is 83.3 cm³/mol. The molecule has 3 nitrogen and oxygen atoms in total. The first-order valence-corrected chi connectivity index (χ1v) is 7.17. The van der Waals surface area contributed by atoms with Crippen molar-refractivity contribution in [2.75, 3.05) is 13.6 Å². The summed E-state index contributed by atoms with van der Waals surface area (Å²) in [7, 11) is 2.03. The Bertz CT molecular complexity index is 586. The number of aromatic nitrogens is 1. The van der Waals surface area contributed by atoms with Gasteiger partial charge in [0, 0.05) is 30.4 Å². The average molecular weight is 287 g/mol. The summed E-state index contributed by atoms with van der Waals surface area (Å²) in [5, 5.41) is 0. The Hall–Kier alpha value is -1.78. The number of hydrogen-bond donors (Lipinski definition) is 1. The molecule has 1 aromatic carbocycles. The first kappa shape index (κ1) is 15.6. The van der Waals surface area contributed by atoms with Crippen LogP contribution in [0.4, 0.5) is 4.39 Å². The first-order valence-electron chi connectivity index (χ1n) is 7.17. The van der Waals surface area contributed by atoms with Gasteiger partial charge in [-0.1, -0.05) is 24.3 Å². The largest absolute Gasteiger partial charge is 0.324 e. The minimum atomic E-state index is -0.279. The van der Waals surface area contributed by atoms with Crippen LogP contribution in [0.3, 0.4) is 0 Å². The van der Waals surface area contributed by atoms with E-state index in [1.54, 1.807) is 12.1 Å². The third-order valence-corrected chi connectivity index (χ3v) is 3.50. The molecular formula is C17H22FN3. The fraction of sp³-hybridized carbons (Fsp3) is 0.353. The van der Waals surface area contributed by atoms with Crippen LogP contribution in [0, 0.1) is 12.7 Å². The van der Waals surface area contributed by atoms with Crippen molar-refractivity contribution in [1.29, 1.82) is 0 Å². The molecule has 1 unspecified atom stereocenters. The number of aryl methyl sites for hydroxylation is 1. The molecule has 0 saturated heterocycles. The molecule has 0 aliphatic heterocycles. The zero-order valence-corrected chi connectivity index (χ0v) is 12.6. The van der Waals surface area contributed by atoms with Crippen molar-refractivity contribution in [2.45, 2.75) is 25.9 Å². The number of halogens is 1. The molecule has 0 amide bonds. The van der Waals surface area contributed by atoms with Crippen LogP contribution in [-0.2, 0) is 6.54 Å². The van der Waals surface area contributed by atoms with E-state index in [1.165, 1.54) is 6.07 Å². The molecule has 0 radical (unpaired) electrons. The maximum absolute atomic E-state index is 13.7. The van der Waals surface area contributed by atoms with Crippen LogP contribution in [0.2, 0.25) is 0 Å². The van der Waals surface area contributed by atoms with E-state index >= 15 is 0 Å². The standard InChI is InChI=1S/C17H22FN3/c1-13-6-5-7-14(20-13)12-21(2)11-10-17(19)15-8-3-4-9-16(15)18/h3-9,17H,10-12,19H2,1-2H3. The van der Waals surface area contributed by atoms with Gasteiger partial charge in [0.1, 0.15) is 5.82 Å². The van der Waals surface area contributed by atoms with Crippen LogP contribution in [0.15, 0.2) is 42.5 Å². The van der Waals surface area contributed by atoms with E-state index in [0.29, 0.717) is 12.0 Å². The number of benzene rings is 1. The average Bonchev–Trinajstić information content (AvgIpc) is 2.45. The number of rotatable bonds is 6. The molecule has 112 valence electrons. The first-order chi connectivity index (χ1) is 10.1. The second-order valence-corrected chi connectivity index (χ2v) is 5.42. The fourth-order valence-electron chi connectivity index (χ4n) is 2.33. The highest BCUT2D eigenvalue weighted by atomic mass is 19.1. The molecule has 0 bridgehead atoms. The fourth-order valence-corrected chi connectivity index (χ4v) is 2.33. The third kappa shape index (κ3) is 4.62. The molecule has 2 N–H and O–H groups in total. The quantitative estimate of drug-likeness (QED) is 0.888. The molecule has 1 heterocycles. The van der Waals surface area contributed by atoms with E-state index < -0.39 is 0 Å². The number of pyridine rings is 1. The van der Waals surface area contributed by atoms with Crippen LogP contribution < -0.4 is 5.73 Å². The van der Waals surface area contributed by atoms with Crippen molar-refractivity contribution in [1.82, 2.24) is 9.88 Å². The summed E-state index contributed by atoms with van der Waals surface area (Å²) in [4.78, 5) is 6.63. The lowest BCUT2D eigenvalue weighted by Crippen LogP contribution is -2.24. The van der Waals surface area contributed by atoms with Gasteiger partial charge in [0.05, 0.1) is 5.69 Å². The van der Waals surface area contributed by atoms with Crippen molar-refractivity contribution in [3.05, 3.63) is 65.2 Å². The maximum atomic E-state index is 13.7. The van der Waals surface area contributed by atoms with E-state index in [0.717, 1.165) is 24.5 Å². The zero-order chi connectivity index (χ0) is 15.2. The minimum absolute atomic E-state index is 0.229. The van der Waals surface area contributed by atoms with E-state index in [4.69, 9.17) is 5.73 Å². The van der Waals surface area contributed by atoms with Crippen molar-refractivity contribution >= 4 is 0 Å². The smallest absolute Gasteiger partial charge is 0.127 e. The lowest BCUT2D eigenvalue weighted by atomic mass is 10.0. The van der Waals surface area contributed by atoms with Gasteiger partial charge in [-0.05, 0) is 38.6 Å². The monoisotopic (exact) mass is 287 g/mol. The highest BCUT2D eigenvalue weighted by Crippen LogP contribution is 2.17.